The van der Waals surface area contributed by atoms with E-state index in [-0.39, 0.29) is 5.82 Å². The fraction of sp³-hybridized carbons (Fsp3) is 0.444. The highest BCUT2D eigenvalue weighted by Gasteiger charge is 2.16. The molecule has 0 saturated carbocycles. The Kier molecular flexibility index (Phi) is 5.18. The molecule has 0 unspecified atom stereocenters. The van der Waals surface area contributed by atoms with Gasteiger partial charge in [-0.3, -0.25) is 0 Å². The van der Waals surface area contributed by atoms with E-state index in [1.165, 1.54) is 18.6 Å². The average molecular weight is 315 g/mol. The van der Waals surface area contributed by atoms with Crippen molar-refractivity contribution in [1.29, 1.82) is 0 Å². The molecule has 0 N–H and O–H groups in total. The van der Waals surface area contributed by atoms with Crippen LogP contribution in [0.25, 0.3) is 0 Å². The second kappa shape index (κ2) is 7.51. The number of nitrogens with zero attached hydrogens (tertiary/aromatic N) is 3. The number of ether oxygens (including phenoxy) is 1. The molecule has 2 aromatic rings. The second-order valence-electron chi connectivity index (χ2n) is 5.94. The van der Waals surface area contributed by atoms with Crippen LogP contribution in [-0.4, -0.2) is 28.5 Å². The fourth-order valence-corrected chi connectivity index (χ4v) is 2.87. The van der Waals surface area contributed by atoms with Crippen molar-refractivity contribution in [3.63, 3.8) is 0 Å². The van der Waals surface area contributed by atoms with Gasteiger partial charge in [0, 0.05) is 20.0 Å². The maximum atomic E-state index is 13.1. The van der Waals surface area contributed by atoms with Crippen molar-refractivity contribution in [3.05, 3.63) is 59.4 Å². The minimum Gasteiger partial charge on any atom is -0.384 e. The Balaban J connectivity index is 1.78. The van der Waals surface area contributed by atoms with Crippen molar-refractivity contribution in [2.24, 2.45) is 5.92 Å². The monoisotopic (exact) mass is 315 g/mol. The maximum absolute atomic E-state index is 13.1. The van der Waals surface area contributed by atoms with Gasteiger partial charge in [0.1, 0.15) is 11.6 Å². The number of rotatable bonds is 7. The third-order valence-corrected chi connectivity index (χ3v) is 4.12. The first kappa shape index (κ1) is 15.9. The molecule has 3 rings (SSSR count). The summed E-state index contributed by atoms with van der Waals surface area (Å²) in [5.41, 5.74) is 1.03. The standard InChI is InChI=1S/C18H22FN3O/c1-23-11-10-17-20-18(12-14-4-2-3-5-14)22(21-17)13-15-6-8-16(19)9-7-15/h2,4,6-9,14H,3,5,10-13H2,1H3/t14-/m0/s1. The quantitative estimate of drug-likeness (QED) is 0.737. The minimum atomic E-state index is -0.218. The van der Waals surface area contributed by atoms with Crippen LogP contribution in [0.4, 0.5) is 4.39 Å². The lowest BCUT2D eigenvalue weighted by Crippen LogP contribution is -2.10. The lowest BCUT2D eigenvalue weighted by molar-refractivity contribution is 0.200. The summed E-state index contributed by atoms with van der Waals surface area (Å²) in [5.74, 6) is 2.13. The SMILES string of the molecule is COCCc1nc(C[C@H]2C=CCC2)n(Cc2ccc(F)cc2)n1. The van der Waals surface area contributed by atoms with E-state index in [9.17, 15) is 4.39 Å². The van der Waals surface area contributed by atoms with Gasteiger partial charge in [0.25, 0.3) is 0 Å². The Morgan fingerprint density at radius 3 is 2.83 bits per heavy atom. The topological polar surface area (TPSA) is 39.9 Å². The van der Waals surface area contributed by atoms with Crippen LogP contribution in [0.2, 0.25) is 0 Å². The van der Waals surface area contributed by atoms with Crippen LogP contribution >= 0.6 is 0 Å². The van der Waals surface area contributed by atoms with E-state index in [1.807, 2.05) is 4.68 Å². The van der Waals surface area contributed by atoms with Gasteiger partial charge in [0.15, 0.2) is 5.82 Å². The zero-order chi connectivity index (χ0) is 16.1. The van der Waals surface area contributed by atoms with Crippen molar-refractivity contribution < 1.29 is 9.13 Å². The first-order chi connectivity index (χ1) is 11.2. The number of allylic oxidation sites excluding steroid dienone is 2. The van der Waals surface area contributed by atoms with Gasteiger partial charge >= 0.3 is 0 Å². The lowest BCUT2D eigenvalue weighted by Gasteiger charge is -2.09. The molecule has 1 aliphatic rings. The van der Waals surface area contributed by atoms with Gasteiger partial charge in [-0.25, -0.2) is 14.1 Å². The van der Waals surface area contributed by atoms with E-state index >= 15 is 0 Å². The molecule has 0 bridgehead atoms. The predicted molar refractivity (Wildman–Crippen MR) is 86.7 cm³/mol. The van der Waals surface area contributed by atoms with E-state index < -0.39 is 0 Å². The molecule has 0 amide bonds. The minimum absolute atomic E-state index is 0.218. The molecule has 1 aromatic heterocycles. The van der Waals surface area contributed by atoms with Crippen LogP contribution in [0.1, 0.15) is 30.1 Å². The van der Waals surface area contributed by atoms with Gasteiger partial charge in [0.2, 0.25) is 0 Å². The van der Waals surface area contributed by atoms with Crippen molar-refractivity contribution in [2.75, 3.05) is 13.7 Å². The number of hydrogen-bond donors (Lipinski definition) is 0. The molecule has 5 heteroatoms. The summed E-state index contributed by atoms with van der Waals surface area (Å²) in [6.45, 7) is 1.23. The largest absolute Gasteiger partial charge is 0.384 e. The molecule has 0 radical (unpaired) electrons. The highest BCUT2D eigenvalue weighted by molar-refractivity contribution is 5.17. The summed E-state index contributed by atoms with van der Waals surface area (Å²) < 4.78 is 20.1. The molecule has 0 spiro atoms. The number of methoxy groups -OCH3 is 1. The average Bonchev–Trinajstić information content (AvgIpc) is 3.18. The summed E-state index contributed by atoms with van der Waals surface area (Å²) >= 11 is 0. The van der Waals surface area contributed by atoms with Crippen LogP contribution in [-0.2, 0) is 24.1 Å². The molecule has 122 valence electrons. The summed E-state index contributed by atoms with van der Waals surface area (Å²) in [5, 5.41) is 4.62. The highest BCUT2D eigenvalue weighted by atomic mass is 19.1. The van der Waals surface area contributed by atoms with Crippen molar-refractivity contribution in [2.45, 2.75) is 32.2 Å². The third kappa shape index (κ3) is 4.26. The van der Waals surface area contributed by atoms with Gasteiger partial charge in [-0.15, -0.1) is 0 Å². The van der Waals surface area contributed by atoms with Gasteiger partial charge in [-0.2, -0.15) is 5.10 Å². The van der Waals surface area contributed by atoms with Crippen LogP contribution in [0.5, 0.6) is 0 Å². The molecule has 23 heavy (non-hydrogen) atoms. The Morgan fingerprint density at radius 2 is 2.13 bits per heavy atom. The molecular weight excluding hydrogens is 293 g/mol. The van der Waals surface area contributed by atoms with Crippen LogP contribution in [0.15, 0.2) is 36.4 Å². The molecule has 1 aliphatic carbocycles. The molecule has 0 fully saturated rings. The van der Waals surface area contributed by atoms with Gasteiger partial charge in [0.05, 0.1) is 13.2 Å². The Bertz CT molecular complexity index is 663. The first-order valence-electron chi connectivity index (χ1n) is 8.07. The van der Waals surface area contributed by atoms with E-state index in [2.05, 4.69) is 22.2 Å². The van der Waals surface area contributed by atoms with Crippen molar-refractivity contribution in [3.8, 4) is 0 Å². The number of hydrogen-bond acceptors (Lipinski definition) is 3. The van der Waals surface area contributed by atoms with E-state index in [0.717, 1.165) is 30.1 Å². The first-order valence-corrected chi connectivity index (χ1v) is 8.07. The molecular formula is C18H22FN3O. The van der Waals surface area contributed by atoms with E-state index in [0.29, 0.717) is 25.5 Å². The Morgan fingerprint density at radius 1 is 1.30 bits per heavy atom. The molecule has 4 nitrogen and oxygen atoms in total. The second-order valence-corrected chi connectivity index (χ2v) is 5.94. The maximum Gasteiger partial charge on any atom is 0.153 e. The van der Waals surface area contributed by atoms with Gasteiger partial charge < -0.3 is 4.74 Å². The van der Waals surface area contributed by atoms with Gasteiger partial charge in [-0.05, 0) is 36.5 Å². The number of aromatic nitrogens is 3. The van der Waals surface area contributed by atoms with Crippen LogP contribution < -0.4 is 0 Å². The smallest absolute Gasteiger partial charge is 0.153 e. The van der Waals surface area contributed by atoms with Crippen LogP contribution in [0.3, 0.4) is 0 Å². The molecule has 1 atom stereocenters. The molecule has 1 heterocycles. The predicted octanol–water partition coefficient (Wildman–Crippen LogP) is 3.16. The van der Waals surface area contributed by atoms with Gasteiger partial charge in [-0.1, -0.05) is 24.3 Å². The zero-order valence-corrected chi connectivity index (χ0v) is 13.4. The number of benzene rings is 1. The Hall–Kier alpha value is -2.01. The zero-order valence-electron chi connectivity index (χ0n) is 13.4. The van der Waals surface area contributed by atoms with E-state index in [1.54, 1.807) is 19.2 Å². The third-order valence-electron chi connectivity index (χ3n) is 4.12. The molecule has 0 aliphatic heterocycles. The summed E-state index contributed by atoms with van der Waals surface area (Å²) in [4.78, 5) is 4.69. The van der Waals surface area contributed by atoms with E-state index in [4.69, 9.17) is 4.74 Å². The summed E-state index contributed by atoms with van der Waals surface area (Å²) in [6, 6.07) is 6.56. The summed E-state index contributed by atoms with van der Waals surface area (Å²) in [7, 11) is 1.68. The normalized spacial score (nSPS) is 17.0. The van der Waals surface area contributed by atoms with Crippen LogP contribution in [0, 0.1) is 11.7 Å². The van der Waals surface area contributed by atoms with Crippen molar-refractivity contribution in [1.82, 2.24) is 14.8 Å². The highest BCUT2D eigenvalue weighted by Crippen LogP contribution is 2.21. The number of halogens is 1. The fourth-order valence-electron chi connectivity index (χ4n) is 2.87. The van der Waals surface area contributed by atoms with Crippen molar-refractivity contribution >= 4 is 0 Å². The molecule has 1 aromatic carbocycles. The lowest BCUT2D eigenvalue weighted by atomic mass is 10.1. The Labute approximate surface area is 136 Å². The molecule has 0 saturated heterocycles. The summed E-state index contributed by atoms with van der Waals surface area (Å²) in [6.07, 6.45) is 8.44.